The number of nitrogens with one attached hydrogen (secondary N) is 1. The summed E-state index contributed by atoms with van der Waals surface area (Å²) < 4.78 is 28.2. The van der Waals surface area contributed by atoms with E-state index >= 15 is 0 Å². The Morgan fingerprint density at radius 3 is 2.18 bits per heavy atom. The molecule has 0 saturated heterocycles. The van der Waals surface area contributed by atoms with E-state index < -0.39 is 22.5 Å². The Balaban J connectivity index is 1.94. The smallest absolute Gasteiger partial charge is 0.264 e. The number of rotatable bonds is 6. The quantitative estimate of drug-likeness (QED) is 0.545. The summed E-state index contributed by atoms with van der Waals surface area (Å²) >= 11 is 9.40. The predicted molar refractivity (Wildman–Crippen MR) is 115 cm³/mol. The molecule has 3 aromatic carbocycles. The van der Waals surface area contributed by atoms with Crippen molar-refractivity contribution in [2.75, 3.05) is 16.2 Å². The van der Waals surface area contributed by atoms with Gasteiger partial charge in [-0.2, -0.15) is 0 Å². The van der Waals surface area contributed by atoms with Crippen molar-refractivity contribution in [1.29, 1.82) is 0 Å². The maximum absolute atomic E-state index is 13.2. The zero-order chi connectivity index (χ0) is 20.1. The van der Waals surface area contributed by atoms with Crippen molar-refractivity contribution in [3.05, 3.63) is 88.4 Å². The highest BCUT2D eigenvalue weighted by molar-refractivity contribution is 9.10. The minimum atomic E-state index is -3.94. The van der Waals surface area contributed by atoms with Crippen LogP contribution in [0.2, 0.25) is 5.02 Å². The van der Waals surface area contributed by atoms with Crippen molar-refractivity contribution in [3.8, 4) is 0 Å². The summed E-state index contributed by atoms with van der Waals surface area (Å²) in [5.41, 5.74) is 0.795. The molecule has 0 heterocycles. The SMILES string of the molecule is O=C(CN(c1ccc(Br)cc1)S(=O)(=O)c1ccccc1)Nc1ccccc1Cl. The van der Waals surface area contributed by atoms with Gasteiger partial charge in [-0.15, -0.1) is 0 Å². The molecular weight excluding hydrogens is 464 g/mol. The molecule has 0 aliphatic carbocycles. The van der Waals surface area contributed by atoms with Crippen molar-refractivity contribution in [3.63, 3.8) is 0 Å². The van der Waals surface area contributed by atoms with Gasteiger partial charge in [0.1, 0.15) is 6.54 Å². The van der Waals surface area contributed by atoms with Crippen LogP contribution in [-0.4, -0.2) is 20.9 Å². The summed E-state index contributed by atoms with van der Waals surface area (Å²) in [5.74, 6) is -0.504. The van der Waals surface area contributed by atoms with Crippen LogP contribution in [0.5, 0.6) is 0 Å². The highest BCUT2D eigenvalue weighted by Gasteiger charge is 2.27. The fourth-order valence-electron chi connectivity index (χ4n) is 2.52. The monoisotopic (exact) mass is 478 g/mol. The number of hydrogen-bond donors (Lipinski definition) is 1. The average Bonchev–Trinajstić information content (AvgIpc) is 2.69. The molecule has 3 rings (SSSR count). The number of carbonyl (C=O) groups is 1. The van der Waals surface area contributed by atoms with Crippen LogP contribution < -0.4 is 9.62 Å². The summed E-state index contributed by atoms with van der Waals surface area (Å²) in [4.78, 5) is 12.7. The molecule has 0 aromatic heterocycles. The van der Waals surface area contributed by atoms with Gasteiger partial charge in [-0.25, -0.2) is 8.42 Å². The van der Waals surface area contributed by atoms with Gasteiger partial charge in [0.2, 0.25) is 5.91 Å². The van der Waals surface area contributed by atoms with E-state index in [0.29, 0.717) is 16.4 Å². The van der Waals surface area contributed by atoms with Crippen molar-refractivity contribution >= 4 is 54.8 Å². The summed E-state index contributed by atoms with van der Waals surface area (Å²) in [6.45, 7) is -0.399. The number of nitrogens with zero attached hydrogens (tertiary/aromatic N) is 1. The fraction of sp³-hybridized carbons (Fsp3) is 0.0500. The van der Waals surface area contributed by atoms with E-state index in [2.05, 4.69) is 21.2 Å². The molecule has 0 bridgehead atoms. The van der Waals surface area contributed by atoms with Crippen LogP contribution in [0, 0.1) is 0 Å². The van der Waals surface area contributed by atoms with E-state index in [4.69, 9.17) is 11.6 Å². The number of para-hydroxylation sites is 1. The second-order valence-electron chi connectivity index (χ2n) is 5.83. The van der Waals surface area contributed by atoms with Crippen molar-refractivity contribution < 1.29 is 13.2 Å². The Bertz CT molecular complexity index is 1070. The topological polar surface area (TPSA) is 66.5 Å². The predicted octanol–water partition coefficient (Wildman–Crippen LogP) is 4.94. The summed E-state index contributed by atoms with van der Waals surface area (Å²) in [6, 6.07) is 21.5. The third-order valence-corrected chi connectivity index (χ3v) is 6.53. The van der Waals surface area contributed by atoms with Gasteiger partial charge < -0.3 is 5.32 Å². The van der Waals surface area contributed by atoms with Crippen LogP contribution in [-0.2, 0) is 14.8 Å². The zero-order valence-electron chi connectivity index (χ0n) is 14.5. The Morgan fingerprint density at radius 2 is 1.54 bits per heavy atom. The fourth-order valence-corrected chi connectivity index (χ4v) is 4.41. The Hall–Kier alpha value is -2.35. The molecule has 0 spiro atoms. The molecule has 28 heavy (non-hydrogen) atoms. The van der Waals surface area contributed by atoms with Crippen molar-refractivity contribution in [2.24, 2.45) is 0 Å². The molecule has 0 saturated carbocycles. The first-order chi connectivity index (χ1) is 13.4. The van der Waals surface area contributed by atoms with E-state index in [1.165, 1.54) is 12.1 Å². The molecule has 0 atom stereocenters. The molecule has 8 heteroatoms. The molecular formula is C20H16BrClN2O3S. The van der Waals surface area contributed by atoms with Gasteiger partial charge in [0.15, 0.2) is 0 Å². The Kier molecular flexibility index (Phi) is 6.39. The first kappa shape index (κ1) is 20.4. The van der Waals surface area contributed by atoms with Gasteiger partial charge in [-0.1, -0.05) is 57.9 Å². The van der Waals surface area contributed by atoms with Gasteiger partial charge >= 0.3 is 0 Å². The van der Waals surface area contributed by atoms with E-state index in [9.17, 15) is 13.2 Å². The lowest BCUT2D eigenvalue weighted by atomic mass is 10.3. The molecule has 1 amide bonds. The minimum absolute atomic E-state index is 0.100. The van der Waals surface area contributed by atoms with Gasteiger partial charge in [-0.3, -0.25) is 9.10 Å². The lowest BCUT2D eigenvalue weighted by Gasteiger charge is -2.24. The maximum atomic E-state index is 13.2. The molecule has 0 aliphatic heterocycles. The van der Waals surface area contributed by atoms with Crippen molar-refractivity contribution in [2.45, 2.75) is 4.90 Å². The largest absolute Gasteiger partial charge is 0.323 e. The minimum Gasteiger partial charge on any atom is -0.323 e. The second-order valence-corrected chi connectivity index (χ2v) is 9.01. The van der Waals surface area contributed by atoms with Gasteiger partial charge in [0.25, 0.3) is 10.0 Å². The standard InChI is InChI=1S/C20H16BrClN2O3S/c21-15-10-12-16(13-11-15)24(28(26,27)17-6-2-1-3-7-17)14-20(25)23-19-9-5-4-8-18(19)22/h1-13H,14H2,(H,23,25). The normalized spacial score (nSPS) is 11.1. The zero-order valence-corrected chi connectivity index (χ0v) is 17.7. The van der Waals surface area contributed by atoms with Crippen LogP contribution in [0.1, 0.15) is 0 Å². The molecule has 0 radical (unpaired) electrons. The average molecular weight is 480 g/mol. The summed E-state index contributed by atoms with van der Waals surface area (Å²) in [5, 5.41) is 3.03. The molecule has 0 aliphatic rings. The van der Waals surface area contributed by atoms with E-state index in [0.717, 1.165) is 8.78 Å². The molecule has 5 nitrogen and oxygen atoms in total. The number of amides is 1. The van der Waals surface area contributed by atoms with Gasteiger partial charge in [0, 0.05) is 4.47 Å². The van der Waals surface area contributed by atoms with E-state index in [1.807, 2.05) is 0 Å². The number of anilines is 2. The van der Waals surface area contributed by atoms with E-state index in [1.54, 1.807) is 66.7 Å². The number of sulfonamides is 1. The first-order valence-corrected chi connectivity index (χ1v) is 10.9. The number of halogens is 2. The highest BCUT2D eigenvalue weighted by Crippen LogP contribution is 2.26. The summed E-state index contributed by atoms with van der Waals surface area (Å²) in [7, 11) is -3.94. The van der Waals surface area contributed by atoms with Crippen LogP contribution >= 0.6 is 27.5 Å². The van der Waals surface area contributed by atoms with Crippen LogP contribution in [0.4, 0.5) is 11.4 Å². The highest BCUT2D eigenvalue weighted by atomic mass is 79.9. The van der Waals surface area contributed by atoms with Crippen molar-refractivity contribution in [1.82, 2.24) is 0 Å². The van der Waals surface area contributed by atoms with Crippen LogP contribution in [0.25, 0.3) is 0 Å². The van der Waals surface area contributed by atoms with Gasteiger partial charge in [0.05, 0.1) is 21.3 Å². The van der Waals surface area contributed by atoms with Crippen LogP contribution in [0.3, 0.4) is 0 Å². The molecule has 1 N–H and O–H groups in total. The van der Waals surface area contributed by atoms with E-state index in [-0.39, 0.29) is 4.90 Å². The Morgan fingerprint density at radius 1 is 0.929 bits per heavy atom. The first-order valence-electron chi connectivity index (χ1n) is 8.25. The van der Waals surface area contributed by atoms with Crippen LogP contribution in [0.15, 0.2) is 88.2 Å². The maximum Gasteiger partial charge on any atom is 0.264 e. The summed E-state index contributed by atoms with van der Waals surface area (Å²) in [6.07, 6.45) is 0. The number of hydrogen-bond acceptors (Lipinski definition) is 3. The number of carbonyl (C=O) groups excluding carboxylic acids is 1. The lowest BCUT2D eigenvalue weighted by molar-refractivity contribution is -0.114. The molecule has 144 valence electrons. The lowest BCUT2D eigenvalue weighted by Crippen LogP contribution is -2.38. The Labute approximate surface area is 177 Å². The molecule has 0 unspecified atom stereocenters. The number of benzene rings is 3. The molecule has 0 fully saturated rings. The molecule has 3 aromatic rings. The van der Waals surface area contributed by atoms with Gasteiger partial charge in [-0.05, 0) is 48.5 Å². The third-order valence-electron chi connectivity index (χ3n) is 3.88. The second kappa shape index (κ2) is 8.77. The third kappa shape index (κ3) is 4.73.